The highest BCUT2D eigenvalue weighted by Gasteiger charge is 2.31. The highest BCUT2D eigenvalue weighted by Crippen LogP contribution is 2.39. The van der Waals surface area contributed by atoms with Crippen LogP contribution in [0.15, 0.2) is 42.5 Å². The summed E-state index contributed by atoms with van der Waals surface area (Å²) in [7, 11) is 3.35. The molecule has 128 valence electrons. The third-order valence-electron chi connectivity index (χ3n) is 4.75. The number of nitrogens with zero attached hydrogens (tertiary/aromatic N) is 1. The Kier molecular flexibility index (Phi) is 5.07. The summed E-state index contributed by atoms with van der Waals surface area (Å²) < 4.78 is 11.0. The fraction of sp³-hybridized carbons (Fsp3) is 0.400. The van der Waals surface area contributed by atoms with Gasteiger partial charge in [0.15, 0.2) is 11.5 Å². The molecule has 0 saturated heterocycles. The van der Waals surface area contributed by atoms with Crippen LogP contribution < -0.4 is 15.2 Å². The zero-order valence-corrected chi connectivity index (χ0v) is 14.7. The summed E-state index contributed by atoms with van der Waals surface area (Å²) in [6, 6.07) is 15.0. The lowest BCUT2D eigenvalue weighted by molar-refractivity contribution is 0.155. The standard InChI is InChI=1S/C20H26N2O2/c1-14(21)20-17-12-19(24-3)18(23-2)11-16(17)9-10-22(20)13-15-7-5-4-6-8-15/h4-8,11-12,14,20H,9-10,13,21H2,1-3H3/t14-,20-/m1/s1. The maximum atomic E-state index is 6.37. The van der Waals surface area contributed by atoms with Gasteiger partial charge in [0.25, 0.3) is 0 Å². The molecule has 0 fully saturated rings. The van der Waals surface area contributed by atoms with Crippen LogP contribution in [0.3, 0.4) is 0 Å². The van der Waals surface area contributed by atoms with E-state index < -0.39 is 0 Å². The first-order valence-electron chi connectivity index (χ1n) is 8.42. The molecule has 0 aliphatic carbocycles. The number of hydrogen-bond acceptors (Lipinski definition) is 4. The molecule has 4 heteroatoms. The van der Waals surface area contributed by atoms with Crippen molar-refractivity contribution in [2.45, 2.75) is 32.0 Å². The molecule has 2 atom stereocenters. The highest BCUT2D eigenvalue weighted by atomic mass is 16.5. The Morgan fingerprint density at radius 1 is 1.12 bits per heavy atom. The molecule has 3 rings (SSSR count). The largest absolute Gasteiger partial charge is 0.493 e. The van der Waals surface area contributed by atoms with Crippen molar-refractivity contribution in [1.29, 1.82) is 0 Å². The van der Waals surface area contributed by atoms with Gasteiger partial charge in [0.2, 0.25) is 0 Å². The summed E-state index contributed by atoms with van der Waals surface area (Å²) in [5.41, 5.74) is 10.2. The minimum Gasteiger partial charge on any atom is -0.493 e. The van der Waals surface area contributed by atoms with E-state index >= 15 is 0 Å². The van der Waals surface area contributed by atoms with Gasteiger partial charge in [-0.1, -0.05) is 30.3 Å². The van der Waals surface area contributed by atoms with Gasteiger partial charge in [-0.25, -0.2) is 0 Å². The third-order valence-corrected chi connectivity index (χ3v) is 4.75. The maximum Gasteiger partial charge on any atom is 0.161 e. The summed E-state index contributed by atoms with van der Waals surface area (Å²) in [6.07, 6.45) is 0.992. The average molecular weight is 326 g/mol. The van der Waals surface area contributed by atoms with E-state index in [9.17, 15) is 0 Å². The van der Waals surface area contributed by atoms with E-state index in [0.717, 1.165) is 31.0 Å². The van der Waals surface area contributed by atoms with Gasteiger partial charge in [-0.05, 0) is 42.2 Å². The van der Waals surface area contributed by atoms with Crippen molar-refractivity contribution in [3.05, 3.63) is 59.2 Å². The van der Waals surface area contributed by atoms with Crippen molar-refractivity contribution < 1.29 is 9.47 Å². The van der Waals surface area contributed by atoms with Crippen LogP contribution in [0.2, 0.25) is 0 Å². The van der Waals surface area contributed by atoms with E-state index in [0.29, 0.717) is 0 Å². The molecule has 0 spiro atoms. The number of benzene rings is 2. The van der Waals surface area contributed by atoms with Gasteiger partial charge in [0, 0.05) is 19.1 Å². The number of rotatable bonds is 5. The van der Waals surface area contributed by atoms with E-state index in [-0.39, 0.29) is 12.1 Å². The van der Waals surface area contributed by atoms with Gasteiger partial charge in [-0.15, -0.1) is 0 Å². The lowest BCUT2D eigenvalue weighted by atomic mass is 9.88. The molecule has 4 nitrogen and oxygen atoms in total. The Morgan fingerprint density at radius 3 is 2.42 bits per heavy atom. The van der Waals surface area contributed by atoms with Crippen LogP contribution in [0.25, 0.3) is 0 Å². The van der Waals surface area contributed by atoms with E-state index in [1.807, 2.05) is 0 Å². The van der Waals surface area contributed by atoms with Crippen LogP contribution in [0.1, 0.15) is 29.7 Å². The Bertz CT molecular complexity index is 686. The average Bonchev–Trinajstić information content (AvgIpc) is 2.60. The van der Waals surface area contributed by atoms with Crippen molar-refractivity contribution in [3.8, 4) is 11.5 Å². The number of hydrogen-bond donors (Lipinski definition) is 1. The normalized spacial score (nSPS) is 18.8. The fourth-order valence-electron chi connectivity index (χ4n) is 3.64. The number of ether oxygens (including phenoxy) is 2. The Labute approximate surface area is 144 Å². The number of fused-ring (bicyclic) bond motifs is 1. The van der Waals surface area contributed by atoms with Gasteiger partial charge in [0.05, 0.1) is 20.3 Å². The lowest BCUT2D eigenvalue weighted by Crippen LogP contribution is -2.43. The van der Waals surface area contributed by atoms with Gasteiger partial charge in [0.1, 0.15) is 0 Å². The van der Waals surface area contributed by atoms with E-state index in [1.54, 1.807) is 14.2 Å². The summed E-state index contributed by atoms with van der Waals surface area (Å²) in [5, 5.41) is 0. The molecule has 1 aliphatic rings. The second-order valence-electron chi connectivity index (χ2n) is 6.42. The predicted octanol–water partition coefficient (Wildman–Crippen LogP) is 3.15. The van der Waals surface area contributed by atoms with Gasteiger partial charge in [-0.2, -0.15) is 0 Å². The smallest absolute Gasteiger partial charge is 0.161 e. The fourth-order valence-corrected chi connectivity index (χ4v) is 3.64. The monoisotopic (exact) mass is 326 g/mol. The molecular weight excluding hydrogens is 300 g/mol. The summed E-state index contributed by atoms with van der Waals surface area (Å²) in [5.74, 6) is 1.56. The first kappa shape index (κ1) is 16.8. The minimum absolute atomic E-state index is 0.0332. The van der Waals surface area contributed by atoms with E-state index in [1.165, 1.54) is 16.7 Å². The molecule has 0 amide bonds. The highest BCUT2D eigenvalue weighted by molar-refractivity contribution is 5.49. The number of nitrogens with two attached hydrogens (primary N) is 1. The van der Waals surface area contributed by atoms with Crippen molar-refractivity contribution in [3.63, 3.8) is 0 Å². The molecule has 0 bridgehead atoms. The van der Waals surface area contributed by atoms with Crippen LogP contribution >= 0.6 is 0 Å². The van der Waals surface area contributed by atoms with Gasteiger partial charge in [-0.3, -0.25) is 4.90 Å². The van der Waals surface area contributed by atoms with E-state index in [4.69, 9.17) is 15.2 Å². The molecule has 0 saturated carbocycles. The Hall–Kier alpha value is -2.04. The van der Waals surface area contributed by atoms with Crippen LogP contribution in [-0.4, -0.2) is 31.7 Å². The van der Waals surface area contributed by atoms with Crippen LogP contribution in [0.4, 0.5) is 0 Å². The summed E-state index contributed by atoms with van der Waals surface area (Å²) in [6.45, 7) is 3.97. The van der Waals surface area contributed by atoms with Crippen molar-refractivity contribution >= 4 is 0 Å². The Morgan fingerprint density at radius 2 is 1.79 bits per heavy atom. The predicted molar refractivity (Wildman–Crippen MR) is 96.5 cm³/mol. The lowest BCUT2D eigenvalue weighted by Gasteiger charge is -2.40. The summed E-state index contributed by atoms with van der Waals surface area (Å²) >= 11 is 0. The molecule has 2 aromatic rings. The Balaban J connectivity index is 1.96. The van der Waals surface area contributed by atoms with Gasteiger partial charge >= 0.3 is 0 Å². The molecule has 1 heterocycles. The SMILES string of the molecule is COc1cc2c(cc1OC)[C@@H]([C@@H](C)N)N(Cc1ccccc1)CC2. The molecule has 2 N–H and O–H groups in total. The maximum absolute atomic E-state index is 6.37. The van der Waals surface area contributed by atoms with Crippen LogP contribution in [-0.2, 0) is 13.0 Å². The molecular formula is C20H26N2O2. The van der Waals surface area contributed by atoms with Crippen molar-refractivity contribution in [2.75, 3.05) is 20.8 Å². The minimum atomic E-state index is 0.0332. The molecule has 2 aromatic carbocycles. The molecule has 0 radical (unpaired) electrons. The topological polar surface area (TPSA) is 47.7 Å². The van der Waals surface area contributed by atoms with Crippen LogP contribution in [0, 0.1) is 0 Å². The molecule has 1 aliphatic heterocycles. The second kappa shape index (κ2) is 7.24. The van der Waals surface area contributed by atoms with Crippen molar-refractivity contribution in [2.24, 2.45) is 5.73 Å². The first-order chi connectivity index (χ1) is 11.6. The summed E-state index contributed by atoms with van der Waals surface area (Å²) in [4.78, 5) is 2.47. The third kappa shape index (κ3) is 3.25. The van der Waals surface area contributed by atoms with Gasteiger partial charge < -0.3 is 15.2 Å². The van der Waals surface area contributed by atoms with E-state index in [2.05, 4.69) is 54.3 Å². The quantitative estimate of drug-likeness (QED) is 0.917. The molecule has 24 heavy (non-hydrogen) atoms. The zero-order chi connectivity index (χ0) is 17.1. The zero-order valence-electron chi connectivity index (χ0n) is 14.7. The second-order valence-corrected chi connectivity index (χ2v) is 6.42. The molecule has 0 aromatic heterocycles. The number of methoxy groups -OCH3 is 2. The first-order valence-corrected chi connectivity index (χ1v) is 8.42. The van der Waals surface area contributed by atoms with Crippen molar-refractivity contribution in [1.82, 2.24) is 4.90 Å². The van der Waals surface area contributed by atoms with Crippen LogP contribution in [0.5, 0.6) is 11.5 Å². The molecule has 0 unspecified atom stereocenters.